The van der Waals surface area contributed by atoms with Gasteiger partial charge in [-0.05, 0) is 43.3 Å². The number of benzene rings is 2. The van der Waals surface area contributed by atoms with Gasteiger partial charge < -0.3 is 4.74 Å². The van der Waals surface area contributed by atoms with E-state index in [1.54, 1.807) is 38.3 Å². The highest BCUT2D eigenvalue weighted by Gasteiger charge is 2.29. The second-order valence-corrected chi connectivity index (χ2v) is 9.95. The lowest BCUT2D eigenvalue weighted by atomic mass is 10.1. The molecule has 2 aromatic rings. The molecule has 1 aliphatic rings. The van der Waals surface area contributed by atoms with E-state index in [2.05, 4.69) is 26.5 Å². The third kappa shape index (κ3) is 6.13. The maximum Gasteiger partial charge on any atom is 0.254 e. The zero-order valence-corrected chi connectivity index (χ0v) is 19.8. The molecule has 0 aliphatic carbocycles. The fraction of sp³-hybridized carbons (Fsp3) is 0.333. The van der Waals surface area contributed by atoms with Gasteiger partial charge in [-0.25, -0.2) is 13.8 Å². The molecule has 0 saturated carbocycles. The number of amides is 1. The zero-order chi connectivity index (χ0) is 22.4. The van der Waals surface area contributed by atoms with Crippen molar-refractivity contribution in [3.05, 3.63) is 58.6 Å². The van der Waals surface area contributed by atoms with Gasteiger partial charge in [0.15, 0.2) is 0 Å². The van der Waals surface area contributed by atoms with Crippen molar-refractivity contribution in [3.63, 3.8) is 0 Å². The molecule has 8 nitrogen and oxygen atoms in total. The standard InChI is InChI=1S/C21H25BrN4O4S/c1-16(17-4-3-5-19(14-17)30-2)23-24-21(27)15-25-10-12-26(13-11-25)31(28,29)20-8-6-18(22)7-9-20/h3-9,14H,10-13,15H2,1-2H3,(H,24,27)/b23-16+. The number of carbonyl (C=O) groups is 1. The number of halogens is 1. The molecule has 0 radical (unpaired) electrons. The molecule has 1 N–H and O–H groups in total. The van der Waals surface area contributed by atoms with Crippen LogP contribution in [0.2, 0.25) is 0 Å². The fourth-order valence-corrected chi connectivity index (χ4v) is 4.87. The molecule has 10 heteroatoms. The molecule has 166 valence electrons. The maximum atomic E-state index is 12.8. The average molecular weight is 509 g/mol. The number of methoxy groups -OCH3 is 1. The van der Waals surface area contributed by atoms with Crippen molar-refractivity contribution in [1.82, 2.24) is 14.6 Å². The van der Waals surface area contributed by atoms with E-state index in [0.717, 1.165) is 10.0 Å². The predicted molar refractivity (Wildman–Crippen MR) is 123 cm³/mol. The van der Waals surface area contributed by atoms with E-state index in [1.165, 1.54) is 4.31 Å². The van der Waals surface area contributed by atoms with Crippen molar-refractivity contribution >= 4 is 37.6 Å². The molecule has 0 atom stereocenters. The summed E-state index contributed by atoms with van der Waals surface area (Å²) in [5.41, 5.74) is 4.09. The van der Waals surface area contributed by atoms with Gasteiger partial charge in [-0.2, -0.15) is 9.41 Å². The first-order valence-corrected chi connectivity index (χ1v) is 12.0. The van der Waals surface area contributed by atoms with Gasteiger partial charge in [0, 0.05) is 36.2 Å². The molecular weight excluding hydrogens is 484 g/mol. The van der Waals surface area contributed by atoms with E-state index in [1.807, 2.05) is 29.2 Å². The maximum absolute atomic E-state index is 12.8. The molecular formula is C21H25BrN4O4S. The van der Waals surface area contributed by atoms with Crippen molar-refractivity contribution in [2.75, 3.05) is 39.8 Å². The normalized spacial score (nSPS) is 16.2. The van der Waals surface area contributed by atoms with Crippen molar-refractivity contribution in [1.29, 1.82) is 0 Å². The number of hydrazone groups is 1. The molecule has 0 unspecified atom stereocenters. The number of hydrogen-bond acceptors (Lipinski definition) is 6. The Balaban J connectivity index is 1.51. The van der Waals surface area contributed by atoms with Gasteiger partial charge in [-0.3, -0.25) is 9.69 Å². The SMILES string of the molecule is COc1cccc(/C(C)=N/NC(=O)CN2CCN(S(=O)(=O)c3ccc(Br)cc3)CC2)c1. The van der Waals surface area contributed by atoms with Crippen LogP contribution in [0.15, 0.2) is 63.0 Å². The van der Waals surface area contributed by atoms with Gasteiger partial charge in [0.05, 0.1) is 24.3 Å². The number of nitrogens with one attached hydrogen (secondary N) is 1. The van der Waals surface area contributed by atoms with Crippen LogP contribution in [0.1, 0.15) is 12.5 Å². The van der Waals surface area contributed by atoms with E-state index in [4.69, 9.17) is 4.74 Å². The molecule has 2 aromatic carbocycles. The predicted octanol–water partition coefficient (Wildman–Crippen LogP) is 2.30. The molecule has 0 aromatic heterocycles. The van der Waals surface area contributed by atoms with E-state index in [-0.39, 0.29) is 17.3 Å². The summed E-state index contributed by atoms with van der Waals surface area (Å²) in [4.78, 5) is 14.5. The Hall–Kier alpha value is -2.27. The van der Waals surface area contributed by atoms with E-state index in [0.29, 0.717) is 37.6 Å². The Morgan fingerprint density at radius 1 is 1.13 bits per heavy atom. The third-order valence-corrected chi connectivity index (χ3v) is 7.43. The van der Waals surface area contributed by atoms with Crippen LogP contribution in [0.3, 0.4) is 0 Å². The Morgan fingerprint density at radius 3 is 2.45 bits per heavy atom. The van der Waals surface area contributed by atoms with Crippen LogP contribution in [-0.4, -0.2) is 69.1 Å². The Bertz CT molecular complexity index is 1050. The van der Waals surface area contributed by atoms with Crippen molar-refractivity contribution in [2.45, 2.75) is 11.8 Å². The topological polar surface area (TPSA) is 91.3 Å². The molecule has 1 fully saturated rings. The average Bonchev–Trinajstić information content (AvgIpc) is 2.78. The minimum atomic E-state index is -3.54. The number of piperazine rings is 1. The summed E-state index contributed by atoms with van der Waals surface area (Å²) >= 11 is 3.31. The van der Waals surface area contributed by atoms with Crippen molar-refractivity contribution < 1.29 is 17.9 Å². The lowest BCUT2D eigenvalue weighted by molar-refractivity contribution is -0.122. The number of hydrogen-bond donors (Lipinski definition) is 1. The summed E-state index contributed by atoms with van der Waals surface area (Å²) in [5, 5.41) is 4.16. The van der Waals surface area contributed by atoms with Crippen molar-refractivity contribution in [2.24, 2.45) is 5.10 Å². The van der Waals surface area contributed by atoms with Crippen molar-refractivity contribution in [3.8, 4) is 5.75 Å². The van der Waals surface area contributed by atoms with Crippen LogP contribution in [0, 0.1) is 0 Å². The van der Waals surface area contributed by atoms with Gasteiger partial charge in [-0.15, -0.1) is 0 Å². The number of ether oxygens (including phenoxy) is 1. The minimum absolute atomic E-state index is 0.154. The first kappa shape index (κ1) is 23.4. The van der Waals surface area contributed by atoms with Crippen LogP contribution in [-0.2, 0) is 14.8 Å². The summed E-state index contributed by atoms with van der Waals surface area (Å²) in [6, 6.07) is 14.0. The first-order valence-electron chi connectivity index (χ1n) is 9.75. The van der Waals surface area contributed by atoms with E-state index >= 15 is 0 Å². The van der Waals surface area contributed by atoms with E-state index in [9.17, 15) is 13.2 Å². The van der Waals surface area contributed by atoms with Gasteiger partial charge in [0.1, 0.15) is 5.75 Å². The Morgan fingerprint density at radius 2 is 1.81 bits per heavy atom. The highest BCUT2D eigenvalue weighted by molar-refractivity contribution is 9.10. The molecule has 3 rings (SSSR count). The molecule has 0 spiro atoms. The van der Waals surface area contributed by atoms with Crippen LogP contribution < -0.4 is 10.2 Å². The smallest absolute Gasteiger partial charge is 0.254 e. The second kappa shape index (κ2) is 10.4. The number of rotatable bonds is 7. The largest absolute Gasteiger partial charge is 0.497 e. The lowest BCUT2D eigenvalue weighted by Crippen LogP contribution is -2.50. The quantitative estimate of drug-likeness (QED) is 0.457. The minimum Gasteiger partial charge on any atom is -0.497 e. The molecule has 1 amide bonds. The number of carbonyl (C=O) groups excluding carboxylic acids is 1. The Labute approximate surface area is 191 Å². The molecule has 1 aliphatic heterocycles. The van der Waals surface area contributed by atoms with Crippen LogP contribution in [0.5, 0.6) is 5.75 Å². The van der Waals surface area contributed by atoms with Gasteiger partial charge in [0.2, 0.25) is 10.0 Å². The molecule has 1 saturated heterocycles. The van der Waals surface area contributed by atoms with Crippen LogP contribution in [0.25, 0.3) is 0 Å². The number of nitrogens with zero attached hydrogens (tertiary/aromatic N) is 3. The first-order chi connectivity index (χ1) is 14.8. The number of sulfonamides is 1. The summed E-state index contributed by atoms with van der Waals surface area (Å²) < 4.78 is 33.0. The highest BCUT2D eigenvalue weighted by Crippen LogP contribution is 2.20. The van der Waals surface area contributed by atoms with Crippen LogP contribution >= 0.6 is 15.9 Å². The fourth-order valence-electron chi connectivity index (χ4n) is 3.18. The van der Waals surface area contributed by atoms with Crippen LogP contribution in [0.4, 0.5) is 0 Å². The lowest BCUT2D eigenvalue weighted by Gasteiger charge is -2.33. The summed E-state index contributed by atoms with van der Waals surface area (Å²) in [5.74, 6) is 0.473. The summed E-state index contributed by atoms with van der Waals surface area (Å²) in [7, 11) is -1.94. The second-order valence-electron chi connectivity index (χ2n) is 7.10. The van der Waals surface area contributed by atoms with Gasteiger partial charge >= 0.3 is 0 Å². The summed E-state index contributed by atoms with van der Waals surface area (Å²) in [6.45, 7) is 3.57. The molecule has 31 heavy (non-hydrogen) atoms. The summed E-state index contributed by atoms with van der Waals surface area (Å²) in [6.07, 6.45) is 0. The Kier molecular flexibility index (Phi) is 7.82. The van der Waals surface area contributed by atoms with E-state index < -0.39 is 10.0 Å². The zero-order valence-electron chi connectivity index (χ0n) is 17.4. The van der Waals surface area contributed by atoms with Gasteiger partial charge in [-0.1, -0.05) is 28.1 Å². The van der Waals surface area contributed by atoms with Gasteiger partial charge in [0.25, 0.3) is 5.91 Å². The third-order valence-electron chi connectivity index (χ3n) is 4.99. The highest BCUT2D eigenvalue weighted by atomic mass is 79.9. The monoisotopic (exact) mass is 508 g/mol. The molecule has 1 heterocycles. The molecule has 0 bridgehead atoms.